The third kappa shape index (κ3) is 1.90. The molecule has 0 saturated carbocycles. The molecule has 0 bridgehead atoms. The van der Waals surface area contributed by atoms with Gasteiger partial charge in [0.15, 0.2) is 0 Å². The van der Waals surface area contributed by atoms with Gasteiger partial charge in [-0.3, -0.25) is 0 Å². The average Bonchev–Trinajstić information content (AvgIpc) is 2.35. The predicted molar refractivity (Wildman–Crippen MR) is 72.9 cm³/mol. The summed E-state index contributed by atoms with van der Waals surface area (Å²) < 4.78 is 5.30. The zero-order chi connectivity index (χ0) is 12.6. The van der Waals surface area contributed by atoms with Crippen LogP contribution in [0.15, 0.2) is 18.2 Å². The molecule has 1 aliphatic heterocycles. The lowest BCUT2D eigenvalue weighted by molar-refractivity contribution is 0.284. The van der Waals surface area contributed by atoms with Crippen LogP contribution in [0.5, 0.6) is 5.75 Å². The first kappa shape index (κ1) is 12.3. The molecule has 0 saturated heterocycles. The first-order valence-electron chi connectivity index (χ1n) is 6.48. The summed E-state index contributed by atoms with van der Waals surface area (Å²) in [5.41, 5.74) is 2.82. The Bertz CT molecular complexity index is 415. The van der Waals surface area contributed by atoms with Crippen molar-refractivity contribution in [1.82, 2.24) is 0 Å². The van der Waals surface area contributed by atoms with Gasteiger partial charge in [0, 0.05) is 17.3 Å². The highest BCUT2D eigenvalue weighted by molar-refractivity contribution is 5.60. The summed E-state index contributed by atoms with van der Waals surface area (Å²) in [7, 11) is 1.72. The number of fused-ring (bicyclic) bond motifs is 1. The Kier molecular flexibility index (Phi) is 3.07. The summed E-state index contributed by atoms with van der Waals surface area (Å²) in [6.45, 7) is 9.23. The molecule has 0 fully saturated rings. The number of hydrogen-bond donors (Lipinski definition) is 1. The molecule has 3 unspecified atom stereocenters. The van der Waals surface area contributed by atoms with E-state index in [4.69, 9.17) is 4.74 Å². The number of ether oxygens (including phenoxy) is 1. The van der Waals surface area contributed by atoms with Crippen LogP contribution >= 0.6 is 0 Å². The Morgan fingerprint density at radius 3 is 2.65 bits per heavy atom. The first-order chi connectivity index (χ1) is 8.01. The van der Waals surface area contributed by atoms with Crippen LogP contribution in [-0.4, -0.2) is 12.6 Å². The summed E-state index contributed by atoms with van der Waals surface area (Å²) in [5.74, 6) is 2.15. The van der Waals surface area contributed by atoms with E-state index >= 15 is 0 Å². The van der Waals surface area contributed by atoms with Crippen LogP contribution in [0.25, 0.3) is 0 Å². The number of nitrogens with one attached hydrogen (secondary N) is 1. The molecule has 2 nitrogen and oxygen atoms in total. The summed E-state index contributed by atoms with van der Waals surface area (Å²) in [6.07, 6.45) is 1.13. The van der Waals surface area contributed by atoms with Crippen molar-refractivity contribution in [3.63, 3.8) is 0 Å². The first-order valence-corrected chi connectivity index (χ1v) is 6.48. The molecule has 2 rings (SSSR count). The van der Waals surface area contributed by atoms with Gasteiger partial charge in [-0.1, -0.05) is 26.8 Å². The highest BCUT2D eigenvalue weighted by Gasteiger charge is 2.38. The Hall–Kier alpha value is -1.18. The van der Waals surface area contributed by atoms with Gasteiger partial charge in [-0.25, -0.2) is 0 Å². The lowest BCUT2D eigenvalue weighted by atomic mass is 9.71. The van der Waals surface area contributed by atoms with E-state index in [9.17, 15) is 0 Å². The standard InChI is InChI=1S/C15H23NO/c1-6-15(4)11(3)10(2)13-8-7-12(17-5)9-14(13)16-15/h7-11,16H,6H2,1-5H3. The van der Waals surface area contributed by atoms with Crippen molar-refractivity contribution in [1.29, 1.82) is 0 Å². The van der Waals surface area contributed by atoms with Gasteiger partial charge in [-0.05, 0) is 36.8 Å². The van der Waals surface area contributed by atoms with Crippen LogP contribution in [-0.2, 0) is 0 Å². The van der Waals surface area contributed by atoms with Crippen molar-refractivity contribution in [2.75, 3.05) is 12.4 Å². The van der Waals surface area contributed by atoms with Crippen molar-refractivity contribution < 1.29 is 4.74 Å². The van der Waals surface area contributed by atoms with E-state index in [-0.39, 0.29) is 5.54 Å². The van der Waals surface area contributed by atoms with E-state index in [2.05, 4.69) is 51.2 Å². The Balaban J connectivity index is 2.46. The molecule has 0 spiro atoms. The highest BCUT2D eigenvalue weighted by Crippen LogP contribution is 2.45. The molecule has 0 radical (unpaired) electrons. The molecule has 1 heterocycles. The molecule has 1 aromatic carbocycles. The maximum Gasteiger partial charge on any atom is 0.120 e. The smallest absolute Gasteiger partial charge is 0.120 e. The van der Waals surface area contributed by atoms with Gasteiger partial charge in [0.25, 0.3) is 0 Å². The third-order valence-electron chi connectivity index (χ3n) is 4.66. The fraction of sp³-hybridized carbons (Fsp3) is 0.600. The zero-order valence-electron chi connectivity index (χ0n) is 11.5. The summed E-state index contributed by atoms with van der Waals surface area (Å²) >= 11 is 0. The van der Waals surface area contributed by atoms with Gasteiger partial charge in [-0.15, -0.1) is 0 Å². The molecule has 0 aromatic heterocycles. The predicted octanol–water partition coefficient (Wildman–Crippen LogP) is 4.03. The van der Waals surface area contributed by atoms with Crippen molar-refractivity contribution in [3.8, 4) is 5.75 Å². The van der Waals surface area contributed by atoms with Crippen LogP contribution in [0.2, 0.25) is 0 Å². The van der Waals surface area contributed by atoms with Gasteiger partial charge >= 0.3 is 0 Å². The number of benzene rings is 1. The van der Waals surface area contributed by atoms with Crippen molar-refractivity contribution >= 4 is 5.69 Å². The van der Waals surface area contributed by atoms with E-state index in [0.717, 1.165) is 12.2 Å². The molecular weight excluding hydrogens is 210 g/mol. The number of rotatable bonds is 2. The fourth-order valence-electron chi connectivity index (χ4n) is 2.82. The van der Waals surface area contributed by atoms with Crippen LogP contribution in [0.1, 0.15) is 45.6 Å². The lowest BCUT2D eigenvalue weighted by Gasteiger charge is -2.45. The van der Waals surface area contributed by atoms with Crippen molar-refractivity contribution in [3.05, 3.63) is 23.8 Å². The van der Waals surface area contributed by atoms with Crippen LogP contribution in [0.4, 0.5) is 5.69 Å². The quantitative estimate of drug-likeness (QED) is 0.832. The molecule has 1 aromatic rings. The van der Waals surface area contributed by atoms with E-state index in [1.54, 1.807) is 7.11 Å². The van der Waals surface area contributed by atoms with E-state index < -0.39 is 0 Å². The topological polar surface area (TPSA) is 21.3 Å². The molecule has 3 atom stereocenters. The van der Waals surface area contributed by atoms with Crippen LogP contribution < -0.4 is 10.1 Å². The number of hydrogen-bond acceptors (Lipinski definition) is 2. The molecule has 17 heavy (non-hydrogen) atoms. The Labute approximate surface area is 104 Å². The molecule has 0 aliphatic carbocycles. The second-order valence-corrected chi connectivity index (χ2v) is 5.43. The van der Waals surface area contributed by atoms with Gasteiger partial charge in [0.1, 0.15) is 5.75 Å². The van der Waals surface area contributed by atoms with Crippen LogP contribution in [0, 0.1) is 5.92 Å². The monoisotopic (exact) mass is 233 g/mol. The molecule has 2 heteroatoms. The largest absolute Gasteiger partial charge is 0.497 e. The lowest BCUT2D eigenvalue weighted by Crippen LogP contribution is -2.46. The maximum atomic E-state index is 5.30. The molecule has 1 aliphatic rings. The Morgan fingerprint density at radius 1 is 1.35 bits per heavy atom. The second-order valence-electron chi connectivity index (χ2n) is 5.43. The van der Waals surface area contributed by atoms with Gasteiger partial charge < -0.3 is 10.1 Å². The van der Waals surface area contributed by atoms with Crippen LogP contribution in [0.3, 0.4) is 0 Å². The number of methoxy groups -OCH3 is 1. The summed E-state index contributed by atoms with van der Waals surface area (Å²) in [4.78, 5) is 0. The zero-order valence-corrected chi connectivity index (χ0v) is 11.5. The minimum atomic E-state index is 0.179. The highest BCUT2D eigenvalue weighted by atomic mass is 16.5. The summed E-state index contributed by atoms with van der Waals surface area (Å²) in [5, 5.41) is 3.70. The second kappa shape index (κ2) is 4.25. The maximum absolute atomic E-state index is 5.30. The van der Waals surface area contributed by atoms with Crippen molar-refractivity contribution in [2.45, 2.75) is 45.6 Å². The van der Waals surface area contributed by atoms with E-state index in [1.807, 2.05) is 0 Å². The minimum absolute atomic E-state index is 0.179. The minimum Gasteiger partial charge on any atom is -0.497 e. The van der Waals surface area contributed by atoms with Gasteiger partial charge in [0.2, 0.25) is 0 Å². The van der Waals surface area contributed by atoms with Gasteiger partial charge in [0.05, 0.1) is 7.11 Å². The van der Waals surface area contributed by atoms with E-state index in [0.29, 0.717) is 11.8 Å². The molecule has 1 N–H and O–H groups in total. The normalized spacial score (nSPS) is 31.6. The van der Waals surface area contributed by atoms with E-state index in [1.165, 1.54) is 11.3 Å². The third-order valence-corrected chi connectivity index (χ3v) is 4.66. The van der Waals surface area contributed by atoms with Crippen molar-refractivity contribution in [2.24, 2.45) is 5.92 Å². The average molecular weight is 233 g/mol. The fourth-order valence-corrected chi connectivity index (χ4v) is 2.82. The number of anilines is 1. The Morgan fingerprint density at radius 2 is 2.06 bits per heavy atom. The molecule has 94 valence electrons. The summed E-state index contributed by atoms with van der Waals surface area (Å²) in [6, 6.07) is 6.36. The molecule has 0 amide bonds. The SMILES string of the molecule is CCC1(C)Nc2cc(OC)ccc2C(C)C1C. The van der Waals surface area contributed by atoms with Gasteiger partial charge in [-0.2, -0.15) is 0 Å². The molecular formula is C15H23NO.